The highest BCUT2D eigenvalue weighted by atomic mass is 15.0. The van der Waals surface area contributed by atoms with Crippen LogP contribution in [-0.4, -0.2) is 4.57 Å². The van der Waals surface area contributed by atoms with Crippen LogP contribution in [0, 0.1) is 0 Å². The molecule has 0 amide bonds. The molecule has 12 aromatic rings. The lowest BCUT2D eigenvalue weighted by Crippen LogP contribution is -1.93. The largest absolute Gasteiger partial charge is 0.309 e. The van der Waals surface area contributed by atoms with E-state index in [0.29, 0.717) is 0 Å². The molecule has 0 atom stereocenters. The maximum absolute atomic E-state index is 2.43. The Balaban J connectivity index is 1.03. The SMILES string of the molecule is c1ccc(-c2cc3ccccc3cc2-c2ccc3c(c2)c(-c2ccc4ccccc4c2)cc2cc(-c4ccc(-n5c6ccccc6c6ccccc65)cc4)ccc23)cc1. The van der Waals surface area contributed by atoms with E-state index >= 15 is 0 Å². The summed E-state index contributed by atoms with van der Waals surface area (Å²) in [6, 6.07) is 82.7. The van der Waals surface area contributed by atoms with Crippen LogP contribution in [0.15, 0.2) is 224 Å². The zero-order valence-corrected chi connectivity index (χ0v) is 32.3. The molecular weight excluding hydrogens is 711 g/mol. The number of rotatable bonds is 5. The van der Waals surface area contributed by atoms with Crippen LogP contribution in [0.1, 0.15) is 0 Å². The van der Waals surface area contributed by atoms with Crippen LogP contribution in [0.2, 0.25) is 0 Å². The first-order chi connectivity index (χ1) is 29.2. The van der Waals surface area contributed by atoms with Crippen molar-refractivity contribution in [3.8, 4) is 50.2 Å². The maximum atomic E-state index is 2.43. The molecule has 59 heavy (non-hydrogen) atoms. The van der Waals surface area contributed by atoms with Gasteiger partial charge >= 0.3 is 0 Å². The molecule has 12 rings (SSSR count). The molecule has 0 bridgehead atoms. The van der Waals surface area contributed by atoms with E-state index in [1.807, 2.05) is 0 Å². The molecule has 0 saturated carbocycles. The summed E-state index contributed by atoms with van der Waals surface area (Å²) in [6.45, 7) is 0. The number of hydrogen-bond acceptors (Lipinski definition) is 0. The van der Waals surface area contributed by atoms with Crippen LogP contribution in [-0.2, 0) is 0 Å². The molecule has 1 aromatic heterocycles. The first-order valence-corrected chi connectivity index (χ1v) is 20.4. The smallest absolute Gasteiger partial charge is 0.0541 e. The first kappa shape index (κ1) is 33.4. The van der Waals surface area contributed by atoms with Gasteiger partial charge in [0.15, 0.2) is 0 Å². The number of hydrogen-bond donors (Lipinski definition) is 0. The van der Waals surface area contributed by atoms with E-state index in [0.717, 1.165) is 5.69 Å². The average molecular weight is 748 g/mol. The van der Waals surface area contributed by atoms with Crippen molar-refractivity contribution >= 4 is 64.9 Å². The molecule has 0 aliphatic carbocycles. The second-order valence-corrected chi connectivity index (χ2v) is 15.7. The molecule has 0 spiro atoms. The summed E-state index contributed by atoms with van der Waals surface area (Å²) in [5.74, 6) is 0. The van der Waals surface area contributed by atoms with Crippen molar-refractivity contribution in [1.82, 2.24) is 4.57 Å². The van der Waals surface area contributed by atoms with Crippen LogP contribution < -0.4 is 0 Å². The predicted octanol–water partition coefficient (Wildman–Crippen LogP) is 16.1. The van der Waals surface area contributed by atoms with Crippen molar-refractivity contribution in [2.24, 2.45) is 0 Å². The van der Waals surface area contributed by atoms with Crippen molar-refractivity contribution < 1.29 is 0 Å². The molecule has 1 heteroatoms. The molecule has 1 heterocycles. The topological polar surface area (TPSA) is 4.93 Å². The van der Waals surface area contributed by atoms with Gasteiger partial charge in [-0.3, -0.25) is 0 Å². The van der Waals surface area contributed by atoms with E-state index < -0.39 is 0 Å². The summed E-state index contributed by atoms with van der Waals surface area (Å²) in [6.07, 6.45) is 0. The van der Waals surface area contributed by atoms with Crippen LogP contribution in [0.5, 0.6) is 0 Å². The zero-order chi connectivity index (χ0) is 38.9. The van der Waals surface area contributed by atoms with Crippen molar-refractivity contribution in [3.63, 3.8) is 0 Å². The molecule has 0 aliphatic heterocycles. The Morgan fingerprint density at radius 2 is 0.712 bits per heavy atom. The molecule has 274 valence electrons. The highest BCUT2D eigenvalue weighted by molar-refractivity contribution is 6.16. The van der Waals surface area contributed by atoms with Gasteiger partial charge in [-0.05, 0) is 148 Å². The Morgan fingerprint density at radius 3 is 1.42 bits per heavy atom. The molecule has 0 fully saturated rings. The molecule has 0 N–H and O–H groups in total. The Bertz CT molecular complexity index is 3540. The molecule has 0 radical (unpaired) electrons. The number of aromatic nitrogens is 1. The lowest BCUT2D eigenvalue weighted by atomic mass is 9.87. The quantitative estimate of drug-likeness (QED) is 0.155. The third-order valence-electron chi connectivity index (χ3n) is 12.3. The van der Waals surface area contributed by atoms with Crippen LogP contribution in [0.4, 0.5) is 0 Å². The summed E-state index contributed by atoms with van der Waals surface area (Å²) in [5.41, 5.74) is 13.4. The number of para-hydroxylation sites is 2. The summed E-state index contributed by atoms with van der Waals surface area (Å²) in [4.78, 5) is 0. The molecule has 1 nitrogen and oxygen atoms in total. The standard InChI is InChI=1S/C58H37N/c1-2-13-40(14-3-1)53-34-42-16-6-7-17-43(42)35-54(53)46-27-31-50-49-30-26-44(33-47(49)37-55(56(50)36-46)45-23-22-38-12-4-5-15-41(38)32-45)39-24-28-48(29-25-39)59-57-20-10-8-18-51(57)52-19-9-11-21-58(52)59/h1-37H. The van der Waals surface area contributed by atoms with E-state index in [2.05, 4.69) is 229 Å². The highest BCUT2D eigenvalue weighted by Crippen LogP contribution is 2.42. The fourth-order valence-electron chi connectivity index (χ4n) is 9.44. The summed E-state index contributed by atoms with van der Waals surface area (Å²) in [5, 5.41) is 12.5. The van der Waals surface area contributed by atoms with Gasteiger partial charge < -0.3 is 4.57 Å². The van der Waals surface area contributed by atoms with E-state index in [9.17, 15) is 0 Å². The minimum Gasteiger partial charge on any atom is -0.309 e. The molecule has 11 aromatic carbocycles. The van der Waals surface area contributed by atoms with Gasteiger partial charge in [0, 0.05) is 16.5 Å². The monoisotopic (exact) mass is 747 g/mol. The fourth-order valence-corrected chi connectivity index (χ4v) is 9.44. The number of fused-ring (bicyclic) bond motifs is 8. The molecular formula is C58H37N. The van der Waals surface area contributed by atoms with Crippen LogP contribution >= 0.6 is 0 Å². The van der Waals surface area contributed by atoms with E-state index in [-0.39, 0.29) is 0 Å². The lowest BCUT2D eigenvalue weighted by molar-refractivity contribution is 1.18. The van der Waals surface area contributed by atoms with Crippen LogP contribution in [0.25, 0.3) is 115 Å². The maximum Gasteiger partial charge on any atom is 0.0541 e. The fraction of sp³-hybridized carbons (Fsp3) is 0. The highest BCUT2D eigenvalue weighted by Gasteiger charge is 2.16. The average Bonchev–Trinajstić information content (AvgIpc) is 3.65. The second-order valence-electron chi connectivity index (χ2n) is 15.7. The van der Waals surface area contributed by atoms with E-state index in [1.165, 1.54) is 109 Å². The second kappa shape index (κ2) is 13.4. The first-order valence-electron chi connectivity index (χ1n) is 20.4. The van der Waals surface area contributed by atoms with Gasteiger partial charge in [0.2, 0.25) is 0 Å². The Morgan fingerprint density at radius 1 is 0.220 bits per heavy atom. The van der Waals surface area contributed by atoms with Crippen LogP contribution in [0.3, 0.4) is 0 Å². The van der Waals surface area contributed by atoms with E-state index in [1.54, 1.807) is 0 Å². The van der Waals surface area contributed by atoms with Gasteiger partial charge in [0.25, 0.3) is 0 Å². The summed E-state index contributed by atoms with van der Waals surface area (Å²) in [7, 11) is 0. The third kappa shape index (κ3) is 5.55. The zero-order valence-electron chi connectivity index (χ0n) is 32.3. The normalized spacial score (nSPS) is 11.7. The van der Waals surface area contributed by atoms with Crippen molar-refractivity contribution in [2.75, 3.05) is 0 Å². The van der Waals surface area contributed by atoms with Crippen molar-refractivity contribution in [1.29, 1.82) is 0 Å². The van der Waals surface area contributed by atoms with Gasteiger partial charge in [-0.25, -0.2) is 0 Å². The summed E-state index contributed by atoms with van der Waals surface area (Å²) < 4.78 is 2.38. The predicted molar refractivity (Wildman–Crippen MR) is 253 cm³/mol. The van der Waals surface area contributed by atoms with Gasteiger partial charge in [-0.15, -0.1) is 0 Å². The minimum atomic E-state index is 1.16. The van der Waals surface area contributed by atoms with Gasteiger partial charge in [0.1, 0.15) is 0 Å². The van der Waals surface area contributed by atoms with Crippen molar-refractivity contribution in [3.05, 3.63) is 224 Å². The van der Waals surface area contributed by atoms with Crippen molar-refractivity contribution in [2.45, 2.75) is 0 Å². The van der Waals surface area contributed by atoms with Gasteiger partial charge in [-0.1, -0.05) is 164 Å². The van der Waals surface area contributed by atoms with E-state index in [4.69, 9.17) is 0 Å². The Labute approximate surface area is 342 Å². The Hall–Kier alpha value is -7.74. The van der Waals surface area contributed by atoms with Gasteiger partial charge in [0.05, 0.1) is 11.0 Å². The minimum absolute atomic E-state index is 1.16. The lowest BCUT2D eigenvalue weighted by Gasteiger charge is -2.17. The Kier molecular flexibility index (Phi) is 7.61. The third-order valence-corrected chi connectivity index (χ3v) is 12.3. The molecule has 0 saturated heterocycles. The summed E-state index contributed by atoms with van der Waals surface area (Å²) >= 11 is 0. The molecule has 0 unspecified atom stereocenters. The number of benzene rings is 11. The van der Waals surface area contributed by atoms with Gasteiger partial charge in [-0.2, -0.15) is 0 Å². The number of nitrogens with zero attached hydrogens (tertiary/aromatic N) is 1. The molecule has 0 aliphatic rings.